The number of fused-ring (bicyclic) bond motifs is 7. The number of nitrogens with zero attached hydrogens (tertiary/aromatic N) is 3. The highest BCUT2D eigenvalue weighted by atomic mass is 31.2. The first-order valence-electron chi connectivity index (χ1n) is 16.0. The van der Waals surface area contributed by atoms with Crippen LogP contribution in [0.3, 0.4) is 0 Å². The van der Waals surface area contributed by atoms with Crippen LogP contribution >= 0.6 is 7.75 Å². The molecule has 0 spiro atoms. The molecule has 1 amide bonds. The molecule has 13 nitrogen and oxygen atoms in total. The van der Waals surface area contributed by atoms with Gasteiger partial charge in [0, 0.05) is 35.5 Å². The Labute approximate surface area is 283 Å². The fourth-order valence-electron chi connectivity index (χ4n) is 7.10. The molecule has 260 valence electrons. The number of hydrogen-bond acceptors (Lipinski definition) is 10. The van der Waals surface area contributed by atoms with Crippen LogP contribution in [0.4, 0.5) is 8.78 Å². The molecule has 2 aliphatic carbocycles. The molecule has 2 aromatic heterocycles. The van der Waals surface area contributed by atoms with Crippen LogP contribution < -0.4 is 20.0 Å². The molecule has 0 bridgehead atoms. The second-order valence-corrected chi connectivity index (χ2v) is 14.0. The van der Waals surface area contributed by atoms with E-state index in [9.17, 15) is 23.3 Å². The Kier molecular flexibility index (Phi) is 7.71. The van der Waals surface area contributed by atoms with E-state index in [1.165, 1.54) is 35.2 Å². The van der Waals surface area contributed by atoms with Crippen LogP contribution in [0, 0.1) is 11.6 Å². The Balaban J connectivity index is 1.35. The summed E-state index contributed by atoms with van der Waals surface area (Å²) in [5.41, 5.74) is -0.559. The summed E-state index contributed by atoms with van der Waals surface area (Å²) in [7, 11) is -3.30. The number of carbonyl (C=O) groups is 2. The van der Waals surface area contributed by atoms with Crippen LogP contribution in [-0.2, 0) is 23.4 Å². The molecule has 1 N–H and O–H groups in total. The molecule has 1 saturated carbocycles. The molecule has 1 saturated heterocycles. The lowest BCUT2D eigenvalue weighted by Crippen LogP contribution is -2.66. The number of benzene rings is 2. The van der Waals surface area contributed by atoms with Gasteiger partial charge in [-0.2, -0.15) is 5.09 Å². The second-order valence-electron chi connectivity index (χ2n) is 12.3. The normalized spacial score (nSPS) is 21.1. The summed E-state index contributed by atoms with van der Waals surface area (Å²) in [5.74, 6) is -3.71. The number of pyridine rings is 1. The van der Waals surface area contributed by atoms with Gasteiger partial charge in [0.05, 0.1) is 39.2 Å². The highest BCUT2D eigenvalue weighted by Gasteiger charge is 2.57. The van der Waals surface area contributed by atoms with Crippen molar-refractivity contribution in [2.24, 2.45) is 0 Å². The Bertz CT molecular complexity index is 2170. The quantitative estimate of drug-likeness (QED) is 0.201. The molecule has 16 heteroatoms. The van der Waals surface area contributed by atoms with E-state index in [1.807, 2.05) is 6.07 Å². The maximum absolute atomic E-state index is 16.0. The fourth-order valence-corrected chi connectivity index (χ4v) is 8.86. The monoisotopic (exact) mass is 708 g/mol. The zero-order valence-corrected chi connectivity index (χ0v) is 27.8. The molecular weight excluding hydrogens is 677 g/mol. The molecule has 4 heterocycles. The van der Waals surface area contributed by atoms with Crippen molar-refractivity contribution >= 4 is 19.6 Å². The smallest absolute Gasteiger partial charge is 0.459 e. The van der Waals surface area contributed by atoms with Crippen LogP contribution in [0.15, 0.2) is 70.2 Å². The highest BCUT2D eigenvalue weighted by Crippen LogP contribution is 2.53. The van der Waals surface area contributed by atoms with E-state index in [0.717, 1.165) is 12.1 Å². The van der Waals surface area contributed by atoms with E-state index < -0.39 is 60.2 Å². The molecule has 2 fully saturated rings. The average molecular weight is 709 g/mol. The van der Waals surface area contributed by atoms with Crippen molar-refractivity contribution in [3.8, 4) is 28.2 Å². The first-order valence-corrected chi connectivity index (χ1v) is 17.6. The van der Waals surface area contributed by atoms with Gasteiger partial charge < -0.3 is 23.3 Å². The van der Waals surface area contributed by atoms with Gasteiger partial charge >= 0.3 is 13.7 Å². The molecule has 1 unspecified atom stereocenters. The van der Waals surface area contributed by atoms with E-state index in [2.05, 4.69) is 5.09 Å². The van der Waals surface area contributed by atoms with Gasteiger partial charge in [-0.15, -0.1) is 0 Å². The van der Waals surface area contributed by atoms with Gasteiger partial charge in [0.1, 0.15) is 17.5 Å². The minimum absolute atomic E-state index is 0.0232. The third-order valence-electron chi connectivity index (χ3n) is 9.46. The Morgan fingerprint density at radius 3 is 2.64 bits per heavy atom. The van der Waals surface area contributed by atoms with Crippen LogP contribution in [0.1, 0.15) is 47.4 Å². The maximum atomic E-state index is 16.0. The van der Waals surface area contributed by atoms with Crippen molar-refractivity contribution in [1.82, 2.24) is 14.7 Å². The van der Waals surface area contributed by atoms with Crippen molar-refractivity contribution in [3.05, 3.63) is 99.7 Å². The van der Waals surface area contributed by atoms with Gasteiger partial charge in [-0.1, -0.05) is 30.3 Å². The molecule has 50 heavy (non-hydrogen) atoms. The molecular formula is C34H31F2N4O9P. The van der Waals surface area contributed by atoms with Gasteiger partial charge in [0.2, 0.25) is 11.2 Å². The number of amides is 1. The number of rotatable bonds is 8. The van der Waals surface area contributed by atoms with Gasteiger partial charge in [-0.3, -0.25) is 28.6 Å². The van der Waals surface area contributed by atoms with Crippen molar-refractivity contribution in [1.29, 1.82) is 0 Å². The van der Waals surface area contributed by atoms with Crippen molar-refractivity contribution in [3.63, 3.8) is 0 Å². The SMILES string of the molecule is CCOP(=O)(NC1(C(=O)OC)CC1)Oc1c2n(ccc1=O)N([C@@H]1c3ccccc3-c3occc3-c3c1ccc(F)c3F)[C@@H]1COCCN1C2=O. The van der Waals surface area contributed by atoms with Gasteiger partial charge in [-0.05, 0) is 43.0 Å². The average Bonchev–Trinajstić information content (AvgIpc) is 3.76. The highest BCUT2D eigenvalue weighted by molar-refractivity contribution is 7.52. The zero-order chi connectivity index (χ0) is 34.9. The fraction of sp³-hybridized carbons (Fsp3) is 0.324. The summed E-state index contributed by atoms with van der Waals surface area (Å²) in [6, 6.07) is 11.5. The van der Waals surface area contributed by atoms with E-state index in [1.54, 1.807) is 36.2 Å². The summed E-state index contributed by atoms with van der Waals surface area (Å²) in [6.45, 7) is 1.73. The van der Waals surface area contributed by atoms with E-state index in [-0.39, 0.29) is 50.5 Å². The van der Waals surface area contributed by atoms with Crippen molar-refractivity contribution in [2.75, 3.05) is 38.5 Å². The van der Waals surface area contributed by atoms with Gasteiger partial charge in [0.25, 0.3) is 5.91 Å². The maximum Gasteiger partial charge on any atom is 0.459 e. The number of ether oxygens (including phenoxy) is 2. The number of hydrogen-bond donors (Lipinski definition) is 1. The summed E-state index contributed by atoms with van der Waals surface area (Å²) in [4.78, 5) is 42.1. The first kappa shape index (κ1) is 32.4. The van der Waals surface area contributed by atoms with Gasteiger partial charge in [0.15, 0.2) is 17.3 Å². The Morgan fingerprint density at radius 2 is 1.88 bits per heavy atom. The number of methoxy groups -OCH3 is 1. The number of esters is 1. The van der Waals surface area contributed by atoms with E-state index in [4.69, 9.17) is 22.9 Å². The predicted octanol–water partition coefficient (Wildman–Crippen LogP) is 4.73. The number of halogens is 2. The number of aromatic nitrogens is 1. The number of carbonyl (C=O) groups excluding carboxylic acids is 2. The predicted molar refractivity (Wildman–Crippen MR) is 173 cm³/mol. The second kappa shape index (κ2) is 11.9. The summed E-state index contributed by atoms with van der Waals surface area (Å²) >= 11 is 0. The standard InChI is InChI=1S/C34H31F2N4O9P/c1-3-48-50(44,37-34(12-13-34)33(43)45-2)49-31-24(41)10-14-39-29(31)32(42)38-15-17-46-18-25(38)40(39)28-19-6-4-5-7-20(19)30-22(11-16-47-30)26-21(28)8-9-23(35)27(26)36/h4-11,14,16,25,28H,3,12-13,15,17-18H2,1-2H3,(H,37,44)/t25-,28-,50?/m1/s1. The van der Waals surface area contributed by atoms with E-state index >= 15 is 4.39 Å². The Hall–Kier alpha value is -4.82. The zero-order valence-electron chi connectivity index (χ0n) is 26.9. The molecule has 3 atom stereocenters. The lowest BCUT2D eigenvalue weighted by atomic mass is 9.92. The molecule has 8 rings (SSSR count). The van der Waals surface area contributed by atoms with Crippen molar-refractivity contribution in [2.45, 2.75) is 37.5 Å². The van der Waals surface area contributed by atoms with Crippen molar-refractivity contribution < 1.29 is 45.9 Å². The van der Waals surface area contributed by atoms with Gasteiger partial charge in [-0.25, -0.2) is 13.3 Å². The lowest BCUT2D eigenvalue weighted by molar-refractivity contribution is -0.143. The van der Waals surface area contributed by atoms with Crippen LogP contribution in [-0.4, -0.2) is 66.6 Å². The number of morpholine rings is 1. The largest absolute Gasteiger partial charge is 0.468 e. The Morgan fingerprint density at radius 1 is 1.08 bits per heavy atom. The third kappa shape index (κ3) is 4.90. The minimum atomic E-state index is -4.49. The number of nitrogens with one attached hydrogen (secondary N) is 1. The van der Waals surface area contributed by atoms with Crippen LogP contribution in [0.5, 0.6) is 5.75 Å². The molecule has 2 aromatic carbocycles. The first-order chi connectivity index (χ1) is 24.1. The van der Waals surface area contributed by atoms with E-state index in [0.29, 0.717) is 28.0 Å². The van der Waals surface area contributed by atoms with Crippen LogP contribution in [0.2, 0.25) is 0 Å². The minimum Gasteiger partial charge on any atom is -0.468 e. The molecule has 0 radical (unpaired) electrons. The molecule has 4 aromatic rings. The van der Waals surface area contributed by atoms with Crippen LogP contribution in [0.25, 0.3) is 22.5 Å². The molecule has 4 aliphatic rings. The summed E-state index contributed by atoms with van der Waals surface area (Å²) in [5, 5.41) is 4.39. The topological polar surface area (TPSA) is 142 Å². The lowest BCUT2D eigenvalue weighted by Gasteiger charge is -2.51. The summed E-state index contributed by atoms with van der Waals surface area (Å²) < 4.78 is 74.7. The molecule has 2 aliphatic heterocycles. The summed E-state index contributed by atoms with van der Waals surface area (Å²) in [6.07, 6.45) is 2.53. The third-order valence-corrected chi connectivity index (χ3v) is 11.2. The number of furan rings is 1.